The molecule has 1 aliphatic heterocycles. The first kappa shape index (κ1) is 13.9. The second-order valence-corrected chi connectivity index (χ2v) is 7.84. The van der Waals surface area contributed by atoms with E-state index in [1.807, 2.05) is 17.3 Å². The van der Waals surface area contributed by atoms with Crippen molar-refractivity contribution in [3.8, 4) is 0 Å². The largest absolute Gasteiger partial charge is 0.292 e. The van der Waals surface area contributed by atoms with Crippen LogP contribution in [0.1, 0.15) is 17.3 Å². The highest BCUT2D eigenvalue weighted by Crippen LogP contribution is 2.38. The van der Waals surface area contributed by atoms with E-state index < -0.39 is 9.84 Å². The van der Waals surface area contributed by atoms with Crippen LogP contribution in [0.4, 0.5) is 0 Å². The summed E-state index contributed by atoms with van der Waals surface area (Å²) in [5, 5.41) is 6.40. The third kappa shape index (κ3) is 2.46. The summed E-state index contributed by atoms with van der Waals surface area (Å²) in [6.07, 6.45) is 0. The SMILES string of the molecule is CN(Cc1csnn1)[C@H]1CS(=O)(=O)c2ccc(Cl)cc21. The van der Waals surface area contributed by atoms with E-state index in [1.54, 1.807) is 18.2 Å². The molecule has 0 N–H and O–H groups in total. The van der Waals surface area contributed by atoms with Gasteiger partial charge < -0.3 is 0 Å². The third-order valence-corrected chi connectivity index (χ3v) is 5.98. The number of hydrogen-bond donors (Lipinski definition) is 0. The highest BCUT2D eigenvalue weighted by atomic mass is 35.5. The Kier molecular flexibility index (Phi) is 3.53. The normalized spacial score (nSPS) is 20.2. The summed E-state index contributed by atoms with van der Waals surface area (Å²) >= 11 is 7.28. The maximum atomic E-state index is 12.2. The summed E-state index contributed by atoms with van der Waals surface area (Å²) in [5.74, 6) is 0.0801. The van der Waals surface area contributed by atoms with Crippen molar-refractivity contribution in [2.24, 2.45) is 0 Å². The molecule has 2 aromatic rings. The van der Waals surface area contributed by atoms with Gasteiger partial charge >= 0.3 is 0 Å². The Hall–Kier alpha value is -1.02. The molecule has 8 heteroatoms. The fraction of sp³-hybridized carbons (Fsp3) is 0.333. The Bertz CT molecular complexity index is 731. The topological polar surface area (TPSA) is 63.2 Å². The summed E-state index contributed by atoms with van der Waals surface area (Å²) in [4.78, 5) is 2.35. The van der Waals surface area contributed by atoms with Crippen molar-refractivity contribution in [2.75, 3.05) is 12.8 Å². The van der Waals surface area contributed by atoms with Crippen LogP contribution in [-0.4, -0.2) is 35.7 Å². The molecule has 0 spiro atoms. The molecule has 5 nitrogen and oxygen atoms in total. The standard InChI is InChI=1S/C12H12ClN3O2S2/c1-16(5-9-6-19-15-14-9)11-7-20(17,18)12-3-2-8(13)4-10(11)12/h2-4,6,11H,5,7H2,1H3/t11-/m0/s1. The number of hydrogen-bond acceptors (Lipinski definition) is 6. The molecule has 1 aromatic carbocycles. The average Bonchev–Trinajstić information content (AvgIpc) is 2.96. The highest BCUT2D eigenvalue weighted by Gasteiger charge is 2.37. The van der Waals surface area contributed by atoms with Crippen LogP contribution in [0, 0.1) is 0 Å². The van der Waals surface area contributed by atoms with Gasteiger partial charge in [0.05, 0.1) is 22.4 Å². The molecule has 1 aliphatic rings. The molecule has 3 rings (SSSR count). The smallest absolute Gasteiger partial charge is 0.180 e. The van der Waals surface area contributed by atoms with Gasteiger partial charge in [-0.25, -0.2) is 8.42 Å². The molecular formula is C12H12ClN3O2S2. The number of benzene rings is 1. The zero-order valence-corrected chi connectivity index (χ0v) is 13.0. The van der Waals surface area contributed by atoms with Crippen LogP contribution in [0.2, 0.25) is 5.02 Å². The molecule has 0 aliphatic carbocycles. The van der Waals surface area contributed by atoms with Crippen molar-refractivity contribution in [3.63, 3.8) is 0 Å². The Balaban J connectivity index is 1.94. The van der Waals surface area contributed by atoms with Crippen molar-refractivity contribution in [1.82, 2.24) is 14.5 Å². The molecule has 1 aromatic heterocycles. The fourth-order valence-electron chi connectivity index (χ4n) is 2.43. The van der Waals surface area contributed by atoms with Gasteiger partial charge in [-0.05, 0) is 42.3 Å². The van der Waals surface area contributed by atoms with E-state index in [9.17, 15) is 8.42 Å². The minimum atomic E-state index is -3.23. The zero-order valence-electron chi connectivity index (χ0n) is 10.7. The number of fused-ring (bicyclic) bond motifs is 1. The van der Waals surface area contributed by atoms with Crippen molar-refractivity contribution < 1.29 is 8.42 Å². The predicted molar refractivity (Wildman–Crippen MR) is 77.6 cm³/mol. The molecule has 0 amide bonds. The number of halogens is 1. The van der Waals surface area contributed by atoms with Crippen molar-refractivity contribution in [2.45, 2.75) is 17.5 Å². The fourth-order valence-corrected chi connectivity index (χ4v) is 4.92. The molecule has 20 heavy (non-hydrogen) atoms. The lowest BCUT2D eigenvalue weighted by atomic mass is 10.1. The van der Waals surface area contributed by atoms with Crippen LogP contribution in [-0.2, 0) is 16.4 Å². The summed E-state index contributed by atoms with van der Waals surface area (Å²) < 4.78 is 28.2. The van der Waals surface area contributed by atoms with E-state index in [1.165, 1.54) is 11.5 Å². The Morgan fingerprint density at radius 1 is 1.50 bits per heavy atom. The summed E-state index contributed by atoms with van der Waals surface area (Å²) in [7, 11) is -1.34. The molecule has 2 heterocycles. The van der Waals surface area contributed by atoms with E-state index in [0.29, 0.717) is 16.5 Å². The second-order valence-electron chi connectivity index (χ2n) is 4.79. The Labute approximate surface area is 126 Å². The zero-order chi connectivity index (χ0) is 14.3. The van der Waals surface area contributed by atoms with Crippen LogP contribution in [0.15, 0.2) is 28.5 Å². The third-order valence-electron chi connectivity index (χ3n) is 3.39. The highest BCUT2D eigenvalue weighted by molar-refractivity contribution is 7.91. The Morgan fingerprint density at radius 2 is 2.30 bits per heavy atom. The average molecular weight is 330 g/mol. The maximum Gasteiger partial charge on any atom is 0.180 e. The lowest BCUT2D eigenvalue weighted by Crippen LogP contribution is -2.25. The monoisotopic (exact) mass is 329 g/mol. The Morgan fingerprint density at radius 3 is 3.00 bits per heavy atom. The first-order chi connectivity index (χ1) is 9.47. The van der Waals surface area contributed by atoms with E-state index in [-0.39, 0.29) is 11.8 Å². The molecule has 1 atom stereocenters. The first-order valence-electron chi connectivity index (χ1n) is 5.96. The molecule has 0 unspecified atom stereocenters. The van der Waals surface area contributed by atoms with E-state index in [0.717, 1.165) is 11.3 Å². The van der Waals surface area contributed by atoms with Gasteiger partial charge in [0.1, 0.15) is 0 Å². The lowest BCUT2D eigenvalue weighted by molar-refractivity contribution is 0.254. The predicted octanol–water partition coefficient (Wildman–Crippen LogP) is 2.15. The summed E-state index contributed by atoms with van der Waals surface area (Å²) in [5.41, 5.74) is 1.61. The molecule has 0 radical (unpaired) electrons. The van der Waals surface area contributed by atoms with Crippen LogP contribution < -0.4 is 0 Å². The van der Waals surface area contributed by atoms with E-state index >= 15 is 0 Å². The lowest BCUT2D eigenvalue weighted by Gasteiger charge is -2.23. The maximum absolute atomic E-state index is 12.2. The molecule has 0 fully saturated rings. The molecular weight excluding hydrogens is 318 g/mol. The van der Waals surface area contributed by atoms with Crippen molar-refractivity contribution in [1.29, 1.82) is 0 Å². The summed E-state index contributed by atoms with van der Waals surface area (Å²) in [6, 6.07) is 4.74. The minimum absolute atomic E-state index is 0.0801. The van der Waals surface area contributed by atoms with Gasteiger partial charge in [0.15, 0.2) is 9.84 Å². The van der Waals surface area contributed by atoms with Gasteiger partial charge in [-0.2, -0.15) is 0 Å². The summed E-state index contributed by atoms with van der Waals surface area (Å²) in [6.45, 7) is 0.558. The van der Waals surface area contributed by atoms with Crippen LogP contribution in [0.3, 0.4) is 0 Å². The quantitative estimate of drug-likeness (QED) is 0.863. The van der Waals surface area contributed by atoms with E-state index in [4.69, 9.17) is 11.6 Å². The first-order valence-corrected chi connectivity index (χ1v) is 8.82. The van der Waals surface area contributed by atoms with Gasteiger partial charge in [-0.3, -0.25) is 4.90 Å². The number of rotatable bonds is 3. The van der Waals surface area contributed by atoms with Crippen LogP contribution in [0.5, 0.6) is 0 Å². The minimum Gasteiger partial charge on any atom is -0.292 e. The molecule has 0 saturated heterocycles. The van der Waals surface area contributed by atoms with Gasteiger partial charge in [0.25, 0.3) is 0 Å². The van der Waals surface area contributed by atoms with Gasteiger partial charge in [0, 0.05) is 16.9 Å². The second kappa shape index (κ2) is 5.07. The van der Waals surface area contributed by atoms with Gasteiger partial charge in [0.2, 0.25) is 0 Å². The van der Waals surface area contributed by atoms with Crippen LogP contribution in [0.25, 0.3) is 0 Å². The van der Waals surface area contributed by atoms with E-state index in [2.05, 4.69) is 9.59 Å². The number of aromatic nitrogens is 2. The van der Waals surface area contributed by atoms with Crippen LogP contribution >= 0.6 is 23.1 Å². The van der Waals surface area contributed by atoms with Crippen molar-refractivity contribution in [3.05, 3.63) is 39.9 Å². The van der Waals surface area contributed by atoms with Gasteiger partial charge in [-0.1, -0.05) is 16.1 Å². The number of nitrogens with zero attached hydrogens (tertiary/aromatic N) is 3. The number of sulfone groups is 1. The van der Waals surface area contributed by atoms with Crippen molar-refractivity contribution >= 4 is 33.0 Å². The molecule has 106 valence electrons. The van der Waals surface area contributed by atoms with Gasteiger partial charge in [-0.15, -0.1) is 5.10 Å². The molecule has 0 saturated carbocycles. The molecule has 0 bridgehead atoms.